The van der Waals surface area contributed by atoms with E-state index in [-0.39, 0.29) is 5.97 Å². The summed E-state index contributed by atoms with van der Waals surface area (Å²) >= 11 is 1.70. The minimum absolute atomic E-state index is 0.163. The zero-order valence-corrected chi connectivity index (χ0v) is 14.0. The van der Waals surface area contributed by atoms with Crippen molar-refractivity contribution in [1.82, 2.24) is 5.32 Å². The van der Waals surface area contributed by atoms with E-state index < -0.39 is 0 Å². The molecule has 0 saturated heterocycles. The summed E-state index contributed by atoms with van der Waals surface area (Å²) in [4.78, 5) is 13.6. The van der Waals surface area contributed by atoms with Gasteiger partial charge in [0.2, 0.25) is 0 Å². The lowest BCUT2D eigenvalue weighted by atomic mass is 9.81. The molecule has 1 aliphatic rings. The molecule has 1 aliphatic carbocycles. The van der Waals surface area contributed by atoms with E-state index in [2.05, 4.69) is 18.3 Å². The number of ether oxygens (including phenoxy) is 1. The van der Waals surface area contributed by atoms with Crippen LogP contribution in [0.5, 0.6) is 0 Å². The van der Waals surface area contributed by atoms with Crippen molar-refractivity contribution in [2.75, 3.05) is 13.7 Å². The van der Waals surface area contributed by atoms with Gasteiger partial charge in [0.25, 0.3) is 0 Å². The van der Waals surface area contributed by atoms with Crippen molar-refractivity contribution in [3.8, 4) is 0 Å². The molecular weight excluding hydrogens is 282 g/mol. The maximum absolute atomic E-state index is 11.2. The van der Waals surface area contributed by atoms with Crippen molar-refractivity contribution in [3.63, 3.8) is 0 Å². The molecule has 0 atom stereocenters. The zero-order chi connectivity index (χ0) is 15.1. The summed E-state index contributed by atoms with van der Waals surface area (Å²) in [5, 5.41) is 3.58. The van der Waals surface area contributed by atoms with Gasteiger partial charge in [0, 0.05) is 16.3 Å². The van der Waals surface area contributed by atoms with Crippen LogP contribution in [0, 0.1) is 11.8 Å². The van der Waals surface area contributed by atoms with Gasteiger partial charge in [0.15, 0.2) is 0 Å². The Bertz CT molecular complexity index is 436. The van der Waals surface area contributed by atoms with Crippen LogP contribution >= 0.6 is 11.3 Å². The van der Waals surface area contributed by atoms with Crippen LogP contribution in [0.2, 0.25) is 0 Å². The van der Waals surface area contributed by atoms with E-state index in [9.17, 15) is 4.79 Å². The first-order valence-corrected chi connectivity index (χ1v) is 8.88. The van der Waals surface area contributed by atoms with Gasteiger partial charge in [-0.1, -0.05) is 26.2 Å². The SMILES string of the molecule is CCC1CCC(CNCc2ccc(CC(=O)OC)s2)CC1. The second kappa shape index (κ2) is 8.54. The Hall–Kier alpha value is -0.870. The Labute approximate surface area is 132 Å². The molecule has 2 rings (SSSR count). The lowest BCUT2D eigenvalue weighted by molar-refractivity contribution is -0.139. The predicted molar refractivity (Wildman–Crippen MR) is 87.5 cm³/mol. The second-order valence-electron chi connectivity index (χ2n) is 6.05. The van der Waals surface area contributed by atoms with Crippen LogP contribution in [0.1, 0.15) is 48.8 Å². The predicted octanol–water partition coefficient (Wildman–Crippen LogP) is 3.77. The zero-order valence-electron chi connectivity index (χ0n) is 13.2. The molecule has 4 heteroatoms. The Morgan fingerprint density at radius 3 is 2.57 bits per heavy atom. The van der Waals surface area contributed by atoms with Gasteiger partial charge in [-0.15, -0.1) is 11.3 Å². The summed E-state index contributed by atoms with van der Waals surface area (Å²) in [6.45, 7) is 4.35. The van der Waals surface area contributed by atoms with Crippen LogP contribution < -0.4 is 5.32 Å². The van der Waals surface area contributed by atoms with Crippen molar-refractivity contribution in [1.29, 1.82) is 0 Å². The van der Waals surface area contributed by atoms with Crippen molar-refractivity contribution >= 4 is 17.3 Å². The molecule has 1 saturated carbocycles. The summed E-state index contributed by atoms with van der Waals surface area (Å²) in [6.07, 6.45) is 7.31. The van der Waals surface area contributed by atoms with Crippen LogP contribution in [0.15, 0.2) is 12.1 Å². The molecule has 1 aromatic heterocycles. The van der Waals surface area contributed by atoms with E-state index >= 15 is 0 Å². The molecule has 0 aromatic carbocycles. The number of hydrogen-bond acceptors (Lipinski definition) is 4. The molecule has 0 radical (unpaired) electrons. The van der Waals surface area contributed by atoms with Gasteiger partial charge >= 0.3 is 5.97 Å². The molecule has 1 aromatic rings. The number of methoxy groups -OCH3 is 1. The van der Waals surface area contributed by atoms with E-state index in [1.807, 2.05) is 6.07 Å². The largest absolute Gasteiger partial charge is 0.469 e. The first-order chi connectivity index (χ1) is 10.2. The highest BCUT2D eigenvalue weighted by Gasteiger charge is 2.19. The average molecular weight is 309 g/mol. The number of nitrogens with one attached hydrogen (secondary N) is 1. The molecular formula is C17H27NO2S. The lowest BCUT2D eigenvalue weighted by Crippen LogP contribution is -2.25. The lowest BCUT2D eigenvalue weighted by Gasteiger charge is -2.27. The van der Waals surface area contributed by atoms with E-state index in [4.69, 9.17) is 4.74 Å². The first kappa shape index (κ1) is 16.5. The number of rotatable bonds is 7. The molecule has 3 nitrogen and oxygen atoms in total. The van der Waals surface area contributed by atoms with Gasteiger partial charge in [-0.05, 0) is 43.4 Å². The smallest absolute Gasteiger partial charge is 0.310 e. The maximum atomic E-state index is 11.2. The van der Waals surface area contributed by atoms with Crippen molar-refractivity contribution in [2.45, 2.75) is 52.0 Å². The summed E-state index contributed by atoms with van der Waals surface area (Å²) in [6, 6.07) is 4.15. The van der Waals surface area contributed by atoms with Gasteiger partial charge < -0.3 is 10.1 Å². The fraction of sp³-hybridized carbons (Fsp3) is 0.706. The summed E-state index contributed by atoms with van der Waals surface area (Å²) < 4.78 is 4.69. The van der Waals surface area contributed by atoms with Crippen LogP contribution in [-0.4, -0.2) is 19.6 Å². The Kier molecular flexibility index (Phi) is 6.71. The number of carbonyl (C=O) groups excluding carboxylic acids is 1. The maximum Gasteiger partial charge on any atom is 0.310 e. The number of hydrogen-bond donors (Lipinski definition) is 1. The molecule has 0 bridgehead atoms. The van der Waals surface area contributed by atoms with Gasteiger partial charge in [-0.25, -0.2) is 0 Å². The Balaban J connectivity index is 1.66. The van der Waals surface area contributed by atoms with Gasteiger partial charge in [0.05, 0.1) is 13.5 Å². The average Bonchev–Trinajstić information content (AvgIpc) is 2.95. The minimum Gasteiger partial charge on any atom is -0.469 e. The van der Waals surface area contributed by atoms with Gasteiger partial charge in [0.1, 0.15) is 0 Å². The summed E-state index contributed by atoms with van der Waals surface area (Å²) in [7, 11) is 1.44. The Morgan fingerprint density at radius 2 is 1.90 bits per heavy atom. The van der Waals surface area contributed by atoms with Crippen LogP contribution in [0.25, 0.3) is 0 Å². The van der Waals surface area contributed by atoms with Crippen LogP contribution in [0.4, 0.5) is 0 Å². The van der Waals surface area contributed by atoms with E-state index in [1.54, 1.807) is 11.3 Å². The molecule has 118 valence electrons. The first-order valence-electron chi connectivity index (χ1n) is 8.06. The highest BCUT2D eigenvalue weighted by molar-refractivity contribution is 7.12. The summed E-state index contributed by atoms with van der Waals surface area (Å²) in [5.74, 6) is 1.66. The number of esters is 1. The minimum atomic E-state index is -0.163. The molecule has 0 unspecified atom stereocenters. The summed E-state index contributed by atoms with van der Waals surface area (Å²) in [5.41, 5.74) is 0. The molecule has 1 N–H and O–H groups in total. The molecule has 0 spiro atoms. The second-order valence-corrected chi connectivity index (χ2v) is 7.30. The van der Waals surface area contributed by atoms with E-state index in [0.29, 0.717) is 6.42 Å². The number of carbonyl (C=O) groups is 1. The Morgan fingerprint density at radius 1 is 1.24 bits per heavy atom. The van der Waals surface area contributed by atoms with Crippen LogP contribution in [0.3, 0.4) is 0 Å². The van der Waals surface area contributed by atoms with E-state index in [1.165, 1.54) is 44.1 Å². The quantitative estimate of drug-likeness (QED) is 0.779. The highest BCUT2D eigenvalue weighted by atomic mass is 32.1. The third kappa shape index (κ3) is 5.44. The van der Waals surface area contributed by atoms with E-state index in [0.717, 1.165) is 29.8 Å². The monoisotopic (exact) mass is 309 g/mol. The third-order valence-electron chi connectivity index (χ3n) is 4.54. The molecule has 0 aliphatic heterocycles. The molecule has 21 heavy (non-hydrogen) atoms. The third-order valence-corrected chi connectivity index (χ3v) is 5.62. The van der Waals surface area contributed by atoms with Gasteiger partial charge in [-0.2, -0.15) is 0 Å². The fourth-order valence-electron chi connectivity index (χ4n) is 3.07. The standard InChI is InChI=1S/C17H27NO2S/c1-3-13-4-6-14(7-5-13)11-18-12-16-9-8-15(21-16)10-17(19)20-2/h8-9,13-14,18H,3-7,10-12H2,1-2H3. The fourth-order valence-corrected chi connectivity index (χ4v) is 4.04. The highest BCUT2D eigenvalue weighted by Crippen LogP contribution is 2.30. The van der Waals surface area contributed by atoms with Gasteiger partial charge in [-0.3, -0.25) is 4.79 Å². The topological polar surface area (TPSA) is 38.3 Å². The van der Waals surface area contributed by atoms with Crippen molar-refractivity contribution in [3.05, 3.63) is 21.9 Å². The molecule has 1 heterocycles. The van der Waals surface area contributed by atoms with Crippen LogP contribution in [-0.2, 0) is 22.5 Å². The number of thiophene rings is 1. The van der Waals surface area contributed by atoms with Crippen molar-refractivity contribution < 1.29 is 9.53 Å². The molecule has 0 amide bonds. The molecule has 1 fully saturated rings. The van der Waals surface area contributed by atoms with Crippen molar-refractivity contribution in [2.24, 2.45) is 11.8 Å². The normalized spacial score (nSPS) is 22.2.